The van der Waals surface area contributed by atoms with E-state index in [0.29, 0.717) is 6.61 Å². The van der Waals surface area contributed by atoms with E-state index in [4.69, 9.17) is 4.74 Å². The second-order valence-electron chi connectivity index (χ2n) is 4.16. The van der Waals surface area contributed by atoms with Crippen LogP contribution in [0.25, 0.3) is 0 Å². The first-order chi connectivity index (χ1) is 9.20. The predicted molar refractivity (Wildman–Crippen MR) is 77.6 cm³/mol. The lowest BCUT2D eigenvalue weighted by molar-refractivity contribution is 0.289. The fraction of sp³-hybridized carbons (Fsp3) is 0.200. The van der Waals surface area contributed by atoms with Gasteiger partial charge in [0, 0.05) is 11.0 Å². The smallest absolute Gasteiger partial charge is 0.165 e. The van der Waals surface area contributed by atoms with Crippen molar-refractivity contribution in [2.24, 2.45) is 0 Å². The maximum Gasteiger partial charge on any atom is 0.165 e. The predicted octanol–water partition coefficient (Wildman–Crippen LogP) is 3.89. The van der Waals surface area contributed by atoms with Gasteiger partial charge in [-0.2, -0.15) is 0 Å². The molecule has 2 aromatic rings. The number of hydrogen-bond donors (Lipinski definition) is 1. The number of ether oxygens (including phenoxy) is 1. The molecule has 0 heterocycles. The number of nitrogens with one attached hydrogen (secondary N) is 1. The van der Waals surface area contributed by atoms with Crippen LogP contribution in [0.1, 0.15) is 11.1 Å². The Morgan fingerprint density at radius 2 is 1.89 bits per heavy atom. The molecular weight excluding hydrogens is 309 g/mol. The van der Waals surface area contributed by atoms with Crippen LogP contribution >= 0.6 is 15.9 Å². The van der Waals surface area contributed by atoms with E-state index in [-0.39, 0.29) is 11.6 Å². The van der Waals surface area contributed by atoms with Crippen LogP contribution in [0.4, 0.5) is 4.39 Å². The van der Waals surface area contributed by atoms with Gasteiger partial charge in [0.1, 0.15) is 6.61 Å². The molecule has 0 spiro atoms. The Balaban J connectivity index is 2.12. The average Bonchev–Trinajstić information content (AvgIpc) is 2.42. The van der Waals surface area contributed by atoms with Gasteiger partial charge in [-0.05, 0) is 36.4 Å². The quantitative estimate of drug-likeness (QED) is 0.901. The highest BCUT2D eigenvalue weighted by Gasteiger charge is 2.06. The molecule has 0 aliphatic rings. The first-order valence-electron chi connectivity index (χ1n) is 6.00. The first kappa shape index (κ1) is 14.0. The van der Waals surface area contributed by atoms with E-state index < -0.39 is 0 Å². The van der Waals surface area contributed by atoms with Crippen molar-refractivity contribution < 1.29 is 9.13 Å². The second-order valence-corrected chi connectivity index (χ2v) is 5.08. The molecule has 2 aromatic carbocycles. The standard InChI is InChI=1S/C15H15BrFNO/c1-18-9-11-4-2-3-5-12(11)10-19-15-8-13(16)6-7-14(15)17/h2-8,18H,9-10H2,1H3. The minimum atomic E-state index is -0.353. The van der Waals surface area contributed by atoms with E-state index >= 15 is 0 Å². The molecule has 2 nitrogen and oxygen atoms in total. The fourth-order valence-electron chi connectivity index (χ4n) is 1.80. The van der Waals surface area contributed by atoms with Crippen LogP contribution in [0.15, 0.2) is 46.9 Å². The Bertz CT molecular complexity index is 560. The number of halogens is 2. The van der Waals surface area contributed by atoms with Crippen LogP contribution in [0.3, 0.4) is 0 Å². The van der Waals surface area contributed by atoms with Crippen LogP contribution < -0.4 is 10.1 Å². The molecular formula is C15H15BrFNO. The molecule has 19 heavy (non-hydrogen) atoms. The van der Waals surface area contributed by atoms with Gasteiger partial charge in [0.15, 0.2) is 11.6 Å². The zero-order valence-corrected chi connectivity index (χ0v) is 12.2. The van der Waals surface area contributed by atoms with Gasteiger partial charge in [-0.25, -0.2) is 4.39 Å². The molecule has 0 radical (unpaired) electrons. The minimum Gasteiger partial charge on any atom is -0.486 e. The van der Waals surface area contributed by atoms with Gasteiger partial charge < -0.3 is 10.1 Å². The second kappa shape index (κ2) is 6.68. The summed E-state index contributed by atoms with van der Waals surface area (Å²) in [4.78, 5) is 0. The molecule has 0 fully saturated rings. The van der Waals surface area contributed by atoms with Crippen molar-refractivity contribution in [2.45, 2.75) is 13.2 Å². The summed E-state index contributed by atoms with van der Waals surface area (Å²) < 4.78 is 19.9. The fourth-order valence-corrected chi connectivity index (χ4v) is 2.14. The molecule has 4 heteroatoms. The number of benzene rings is 2. The lowest BCUT2D eigenvalue weighted by Crippen LogP contribution is -2.09. The summed E-state index contributed by atoms with van der Waals surface area (Å²) in [6, 6.07) is 12.6. The van der Waals surface area contributed by atoms with Crippen molar-refractivity contribution in [3.8, 4) is 5.75 Å². The molecule has 0 unspecified atom stereocenters. The van der Waals surface area contributed by atoms with Crippen molar-refractivity contribution in [1.82, 2.24) is 5.32 Å². The van der Waals surface area contributed by atoms with Crippen LogP contribution in [0.2, 0.25) is 0 Å². The van der Waals surface area contributed by atoms with Gasteiger partial charge in [0.2, 0.25) is 0 Å². The van der Waals surface area contributed by atoms with E-state index in [9.17, 15) is 4.39 Å². The highest BCUT2D eigenvalue weighted by molar-refractivity contribution is 9.10. The Labute approximate surface area is 120 Å². The summed E-state index contributed by atoms with van der Waals surface area (Å²) in [5.41, 5.74) is 2.21. The van der Waals surface area contributed by atoms with Gasteiger partial charge in [-0.3, -0.25) is 0 Å². The first-order valence-corrected chi connectivity index (χ1v) is 6.79. The molecule has 0 saturated carbocycles. The lowest BCUT2D eigenvalue weighted by atomic mass is 10.1. The van der Waals surface area contributed by atoms with Gasteiger partial charge in [-0.1, -0.05) is 40.2 Å². The summed E-state index contributed by atoms with van der Waals surface area (Å²) >= 11 is 3.31. The molecule has 0 aliphatic heterocycles. The van der Waals surface area contributed by atoms with Gasteiger partial charge >= 0.3 is 0 Å². The largest absolute Gasteiger partial charge is 0.486 e. The van der Waals surface area contributed by atoms with E-state index in [1.54, 1.807) is 12.1 Å². The number of rotatable bonds is 5. The Morgan fingerprint density at radius 1 is 1.16 bits per heavy atom. The van der Waals surface area contributed by atoms with E-state index in [2.05, 4.69) is 21.2 Å². The molecule has 0 aliphatic carbocycles. The molecule has 2 rings (SSSR count). The highest BCUT2D eigenvalue weighted by Crippen LogP contribution is 2.23. The highest BCUT2D eigenvalue weighted by atomic mass is 79.9. The Morgan fingerprint density at radius 3 is 2.63 bits per heavy atom. The van der Waals surface area contributed by atoms with Gasteiger partial charge in [-0.15, -0.1) is 0 Å². The van der Waals surface area contributed by atoms with E-state index in [0.717, 1.165) is 22.1 Å². The van der Waals surface area contributed by atoms with Crippen molar-refractivity contribution in [3.63, 3.8) is 0 Å². The Kier molecular flexibility index (Phi) is 4.93. The molecule has 1 N–H and O–H groups in total. The summed E-state index contributed by atoms with van der Waals surface area (Å²) in [6.07, 6.45) is 0. The monoisotopic (exact) mass is 323 g/mol. The van der Waals surface area contributed by atoms with E-state index in [1.807, 2.05) is 31.3 Å². The Hall–Kier alpha value is -1.39. The lowest BCUT2D eigenvalue weighted by Gasteiger charge is -2.11. The third-order valence-electron chi connectivity index (χ3n) is 2.76. The summed E-state index contributed by atoms with van der Waals surface area (Å²) in [5.74, 6) is -0.0945. The minimum absolute atomic E-state index is 0.258. The molecule has 100 valence electrons. The van der Waals surface area contributed by atoms with Crippen molar-refractivity contribution in [3.05, 3.63) is 63.9 Å². The van der Waals surface area contributed by atoms with Crippen LogP contribution in [0, 0.1) is 5.82 Å². The average molecular weight is 324 g/mol. The summed E-state index contributed by atoms with van der Waals surface area (Å²) in [7, 11) is 1.89. The number of hydrogen-bond acceptors (Lipinski definition) is 2. The molecule has 0 bridgehead atoms. The molecule has 0 saturated heterocycles. The molecule has 0 amide bonds. The maximum atomic E-state index is 13.6. The van der Waals surface area contributed by atoms with Gasteiger partial charge in [0.05, 0.1) is 0 Å². The maximum absolute atomic E-state index is 13.6. The normalized spacial score (nSPS) is 10.5. The van der Waals surface area contributed by atoms with Crippen LogP contribution in [-0.2, 0) is 13.2 Å². The zero-order valence-electron chi connectivity index (χ0n) is 10.6. The summed E-state index contributed by atoms with van der Waals surface area (Å²) in [5, 5.41) is 3.11. The van der Waals surface area contributed by atoms with Crippen LogP contribution in [-0.4, -0.2) is 7.05 Å². The topological polar surface area (TPSA) is 21.3 Å². The molecule has 0 aromatic heterocycles. The summed E-state index contributed by atoms with van der Waals surface area (Å²) in [6.45, 7) is 1.12. The van der Waals surface area contributed by atoms with Crippen molar-refractivity contribution in [1.29, 1.82) is 0 Å². The SMILES string of the molecule is CNCc1ccccc1COc1cc(Br)ccc1F. The third kappa shape index (κ3) is 3.78. The third-order valence-corrected chi connectivity index (χ3v) is 3.26. The van der Waals surface area contributed by atoms with Crippen molar-refractivity contribution >= 4 is 15.9 Å². The van der Waals surface area contributed by atoms with Gasteiger partial charge in [0.25, 0.3) is 0 Å². The zero-order chi connectivity index (χ0) is 13.7. The van der Waals surface area contributed by atoms with E-state index in [1.165, 1.54) is 6.07 Å². The van der Waals surface area contributed by atoms with Crippen molar-refractivity contribution in [2.75, 3.05) is 7.05 Å². The van der Waals surface area contributed by atoms with Crippen LogP contribution in [0.5, 0.6) is 5.75 Å². The molecule has 0 atom stereocenters.